The predicted molar refractivity (Wildman–Crippen MR) is 86.2 cm³/mol. The Hall–Kier alpha value is -1.66. The van der Waals surface area contributed by atoms with Gasteiger partial charge in [-0.2, -0.15) is 0 Å². The van der Waals surface area contributed by atoms with E-state index >= 15 is 0 Å². The number of benzene rings is 1. The number of rotatable bonds is 5. The monoisotopic (exact) mass is 352 g/mol. The molecule has 1 aromatic carbocycles. The first-order valence-electron chi connectivity index (χ1n) is 5.95. The summed E-state index contributed by atoms with van der Waals surface area (Å²) in [5, 5.41) is 0. The summed E-state index contributed by atoms with van der Waals surface area (Å²) in [7, 11) is 0. The van der Waals surface area contributed by atoms with Gasteiger partial charge in [0, 0.05) is 10.7 Å². The second kappa shape index (κ2) is 6.67. The summed E-state index contributed by atoms with van der Waals surface area (Å²) >= 11 is 8.20. The van der Waals surface area contributed by atoms with Crippen molar-refractivity contribution in [3.8, 4) is 5.75 Å². The lowest BCUT2D eigenvalue weighted by molar-refractivity contribution is 0.296. The third kappa shape index (κ3) is 3.68. The summed E-state index contributed by atoms with van der Waals surface area (Å²) in [4.78, 5) is 12.1. The van der Waals surface area contributed by atoms with E-state index < -0.39 is 0 Å². The number of hydrogen-bond acceptors (Lipinski definition) is 3. The molecule has 104 valence electrons. The van der Waals surface area contributed by atoms with Crippen molar-refractivity contribution in [1.82, 2.24) is 4.57 Å². The molecular weight excluding hydrogens is 340 g/mol. The third-order valence-corrected chi connectivity index (χ3v) is 3.45. The molecule has 4 nitrogen and oxygen atoms in total. The Balaban J connectivity index is 2.01. The van der Waals surface area contributed by atoms with Gasteiger partial charge < -0.3 is 15.0 Å². The number of nitrogens with two attached hydrogens (primary N) is 1. The van der Waals surface area contributed by atoms with Crippen LogP contribution in [0.25, 0.3) is 0 Å². The van der Waals surface area contributed by atoms with E-state index in [-0.39, 0.29) is 10.5 Å². The Labute approximate surface area is 130 Å². The van der Waals surface area contributed by atoms with Gasteiger partial charge in [-0.1, -0.05) is 28.1 Å². The molecule has 1 aromatic heterocycles. The van der Waals surface area contributed by atoms with Crippen LogP contribution in [0.4, 0.5) is 0 Å². The molecule has 0 aliphatic rings. The summed E-state index contributed by atoms with van der Waals surface area (Å²) in [6.45, 7) is 0.827. The predicted octanol–water partition coefficient (Wildman–Crippen LogP) is 2.32. The highest BCUT2D eigenvalue weighted by atomic mass is 79.9. The molecule has 0 bridgehead atoms. The SMILES string of the molecule is NC(=S)c1cccn(CCOc2ccc(Br)cc2)c1=O. The molecule has 0 unspecified atom stereocenters. The summed E-state index contributed by atoms with van der Waals surface area (Å²) < 4.78 is 8.10. The van der Waals surface area contributed by atoms with Crippen molar-refractivity contribution in [1.29, 1.82) is 0 Å². The van der Waals surface area contributed by atoms with Gasteiger partial charge in [0.1, 0.15) is 17.3 Å². The van der Waals surface area contributed by atoms with Crippen LogP contribution in [0.3, 0.4) is 0 Å². The summed E-state index contributed by atoms with van der Waals surface area (Å²) in [5.74, 6) is 0.756. The number of pyridine rings is 1. The van der Waals surface area contributed by atoms with Crippen molar-refractivity contribution < 1.29 is 4.74 Å². The molecule has 2 N–H and O–H groups in total. The van der Waals surface area contributed by atoms with Crippen LogP contribution in [0.1, 0.15) is 5.56 Å². The normalized spacial score (nSPS) is 10.2. The fourth-order valence-electron chi connectivity index (χ4n) is 1.69. The van der Waals surface area contributed by atoms with E-state index in [1.54, 1.807) is 18.3 Å². The van der Waals surface area contributed by atoms with Crippen LogP contribution in [0.5, 0.6) is 5.75 Å². The van der Waals surface area contributed by atoms with Crippen LogP contribution in [-0.4, -0.2) is 16.2 Å². The largest absolute Gasteiger partial charge is 0.492 e. The first-order chi connectivity index (χ1) is 9.58. The Bertz CT molecular complexity index is 668. The van der Waals surface area contributed by atoms with E-state index in [1.165, 1.54) is 4.57 Å². The van der Waals surface area contributed by atoms with Gasteiger partial charge in [-0.05, 0) is 36.4 Å². The number of thiocarbonyl (C=S) groups is 1. The van der Waals surface area contributed by atoms with Crippen LogP contribution in [0.2, 0.25) is 0 Å². The first kappa shape index (κ1) is 14.7. The van der Waals surface area contributed by atoms with Gasteiger partial charge in [-0.25, -0.2) is 0 Å². The van der Waals surface area contributed by atoms with Gasteiger partial charge in [0.15, 0.2) is 0 Å². The molecule has 0 aliphatic carbocycles. The zero-order valence-corrected chi connectivity index (χ0v) is 13.0. The van der Waals surface area contributed by atoms with Crippen molar-refractivity contribution in [2.75, 3.05) is 6.61 Å². The van der Waals surface area contributed by atoms with Gasteiger partial charge >= 0.3 is 0 Å². The highest BCUT2D eigenvalue weighted by Crippen LogP contribution is 2.15. The lowest BCUT2D eigenvalue weighted by Gasteiger charge is -2.09. The maximum absolute atomic E-state index is 12.0. The number of aromatic nitrogens is 1. The Kier molecular flexibility index (Phi) is 4.92. The number of ether oxygens (including phenoxy) is 1. The minimum atomic E-state index is -0.195. The van der Waals surface area contributed by atoms with Crippen LogP contribution in [0, 0.1) is 0 Å². The summed E-state index contributed by atoms with van der Waals surface area (Å²) in [5.41, 5.74) is 5.66. The van der Waals surface area contributed by atoms with Crippen LogP contribution in [-0.2, 0) is 6.54 Å². The molecule has 0 aliphatic heterocycles. The zero-order valence-electron chi connectivity index (χ0n) is 10.6. The Morgan fingerprint density at radius 1 is 1.30 bits per heavy atom. The molecule has 0 saturated carbocycles. The minimum absolute atomic E-state index is 0.109. The quantitative estimate of drug-likeness (QED) is 0.839. The zero-order chi connectivity index (χ0) is 14.5. The number of nitrogens with zero attached hydrogens (tertiary/aromatic N) is 1. The lowest BCUT2D eigenvalue weighted by atomic mass is 10.3. The molecule has 6 heteroatoms. The van der Waals surface area contributed by atoms with Gasteiger partial charge in [0.25, 0.3) is 5.56 Å². The molecule has 0 amide bonds. The maximum Gasteiger partial charge on any atom is 0.260 e. The summed E-state index contributed by atoms with van der Waals surface area (Å²) in [6.07, 6.45) is 1.69. The second-order valence-electron chi connectivity index (χ2n) is 4.09. The average molecular weight is 353 g/mol. The smallest absolute Gasteiger partial charge is 0.260 e. The highest BCUT2D eigenvalue weighted by molar-refractivity contribution is 9.10. The van der Waals surface area contributed by atoms with Gasteiger partial charge in [-0.15, -0.1) is 0 Å². The molecule has 0 radical (unpaired) electrons. The van der Waals surface area contributed by atoms with Crippen LogP contribution < -0.4 is 16.0 Å². The molecule has 2 rings (SSSR count). The number of hydrogen-bond donors (Lipinski definition) is 1. The fourth-order valence-corrected chi connectivity index (χ4v) is 2.11. The van der Waals surface area contributed by atoms with Gasteiger partial charge in [0.05, 0.1) is 12.1 Å². The van der Waals surface area contributed by atoms with Crippen LogP contribution >= 0.6 is 28.1 Å². The third-order valence-electron chi connectivity index (χ3n) is 2.70. The average Bonchev–Trinajstić information content (AvgIpc) is 2.42. The maximum atomic E-state index is 12.0. The van der Waals surface area contributed by atoms with Gasteiger partial charge in [0.2, 0.25) is 0 Å². The van der Waals surface area contributed by atoms with Crippen molar-refractivity contribution in [3.63, 3.8) is 0 Å². The second-order valence-corrected chi connectivity index (χ2v) is 5.44. The first-order valence-corrected chi connectivity index (χ1v) is 7.15. The molecule has 0 spiro atoms. The molecule has 0 saturated heterocycles. The molecule has 0 atom stereocenters. The van der Waals surface area contributed by atoms with Crippen molar-refractivity contribution in [3.05, 3.63) is 63.0 Å². The van der Waals surface area contributed by atoms with E-state index in [4.69, 9.17) is 22.7 Å². The number of halogens is 1. The molecule has 2 aromatic rings. The topological polar surface area (TPSA) is 57.2 Å². The van der Waals surface area contributed by atoms with E-state index in [9.17, 15) is 4.79 Å². The Morgan fingerprint density at radius 3 is 2.65 bits per heavy atom. The Morgan fingerprint density at radius 2 is 2.00 bits per heavy atom. The van der Waals surface area contributed by atoms with Crippen molar-refractivity contribution >= 4 is 33.1 Å². The van der Waals surface area contributed by atoms with E-state index in [0.717, 1.165) is 10.2 Å². The van der Waals surface area contributed by atoms with Crippen molar-refractivity contribution in [2.24, 2.45) is 5.73 Å². The van der Waals surface area contributed by atoms with E-state index in [1.807, 2.05) is 24.3 Å². The molecule has 20 heavy (non-hydrogen) atoms. The molecular formula is C14H13BrN2O2S. The highest BCUT2D eigenvalue weighted by Gasteiger charge is 2.05. The fraction of sp³-hybridized carbons (Fsp3) is 0.143. The van der Waals surface area contributed by atoms with Crippen LogP contribution in [0.15, 0.2) is 51.9 Å². The minimum Gasteiger partial charge on any atom is -0.492 e. The lowest BCUT2D eigenvalue weighted by Crippen LogP contribution is -2.29. The standard InChI is InChI=1S/C14H13BrN2O2S/c15-10-3-5-11(6-4-10)19-9-8-17-7-1-2-12(13(16)20)14(17)18/h1-7H,8-9H2,(H2,16,20). The molecule has 1 heterocycles. The summed E-state index contributed by atoms with van der Waals surface area (Å²) in [6, 6.07) is 10.9. The molecule has 0 fully saturated rings. The van der Waals surface area contributed by atoms with Gasteiger partial charge in [-0.3, -0.25) is 4.79 Å². The van der Waals surface area contributed by atoms with Crippen molar-refractivity contribution in [2.45, 2.75) is 6.54 Å². The van der Waals surface area contributed by atoms with E-state index in [0.29, 0.717) is 18.7 Å². The van der Waals surface area contributed by atoms with E-state index in [2.05, 4.69) is 15.9 Å².